The predicted molar refractivity (Wildman–Crippen MR) is 98.4 cm³/mol. The van der Waals surface area contributed by atoms with Gasteiger partial charge in [-0.1, -0.05) is 36.2 Å². The fraction of sp³-hybridized carbons (Fsp3) is 0.350. The molecule has 132 valence electrons. The molecule has 2 aromatic rings. The molecule has 0 aliphatic carbocycles. The maximum absolute atomic E-state index is 13.0. The molecular formula is C20H22ClFN2O. The second-order valence-corrected chi connectivity index (χ2v) is 6.76. The molecule has 1 N–H and O–H groups in total. The van der Waals surface area contributed by atoms with Crippen molar-refractivity contribution in [3.05, 3.63) is 70.5 Å². The van der Waals surface area contributed by atoms with E-state index in [0.717, 1.165) is 31.5 Å². The van der Waals surface area contributed by atoms with Gasteiger partial charge in [0.2, 0.25) is 0 Å². The number of nitrogens with zero attached hydrogens (tertiary/aromatic N) is 1. The summed E-state index contributed by atoms with van der Waals surface area (Å²) in [5.41, 5.74) is 1.49. The smallest absolute Gasteiger partial charge is 0.251 e. The minimum Gasteiger partial charge on any atom is -0.350 e. The Bertz CT molecular complexity index is 714. The third-order valence-corrected chi connectivity index (χ3v) is 5.00. The van der Waals surface area contributed by atoms with Crippen LogP contribution in [0.5, 0.6) is 0 Å². The first kappa shape index (κ1) is 17.9. The summed E-state index contributed by atoms with van der Waals surface area (Å²) < 4.78 is 13.0. The SMILES string of the molecule is O=C(NC[C@@H](c1ccccc1Cl)N1CCCCC1)c1ccc(F)cc1. The largest absolute Gasteiger partial charge is 0.350 e. The van der Waals surface area contributed by atoms with Crippen LogP contribution >= 0.6 is 11.6 Å². The molecule has 25 heavy (non-hydrogen) atoms. The molecular weight excluding hydrogens is 339 g/mol. The number of piperidine rings is 1. The Labute approximate surface area is 152 Å². The van der Waals surface area contributed by atoms with Crippen molar-refractivity contribution < 1.29 is 9.18 Å². The third kappa shape index (κ3) is 4.59. The Morgan fingerprint density at radius 3 is 2.44 bits per heavy atom. The number of halogens is 2. The highest BCUT2D eigenvalue weighted by atomic mass is 35.5. The Hall–Kier alpha value is -1.91. The van der Waals surface area contributed by atoms with Crippen LogP contribution in [-0.4, -0.2) is 30.4 Å². The molecule has 3 nitrogen and oxygen atoms in total. The highest BCUT2D eigenvalue weighted by molar-refractivity contribution is 6.31. The molecule has 1 aliphatic rings. The van der Waals surface area contributed by atoms with Gasteiger partial charge in [-0.2, -0.15) is 0 Å². The van der Waals surface area contributed by atoms with Crippen molar-refractivity contribution in [2.24, 2.45) is 0 Å². The molecule has 1 heterocycles. The zero-order valence-electron chi connectivity index (χ0n) is 14.1. The number of hydrogen-bond donors (Lipinski definition) is 1. The Kier molecular flexibility index (Phi) is 6.05. The molecule has 5 heteroatoms. The molecule has 1 amide bonds. The van der Waals surface area contributed by atoms with Crippen LogP contribution < -0.4 is 5.32 Å². The van der Waals surface area contributed by atoms with Gasteiger partial charge >= 0.3 is 0 Å². The van der Waals surface area contributed by atoms with Crippen LogP contribution in [0.2, 0.25) is 5.02 Å². The lowest BCUT2D eigenvalue weighted by Crippen LogP contribution is -2.40. The molecule has 0 saturated carbocycles. The van der Waals surface area contributed by atoms with Crippen molar-refractivity contribution in [1.82, 2.24) is 10.2 Å². The summed E-state index contributed by atoms with van der Waals surface area (Å²) in [6, 6.07) is 13.4. The minimum absolute atomic E-state index is 0.0402. The van der Waals surface area contributed by atoms with Crippen molar-refractivity contribution in [3.63, 3.8) is 0 Å². The maximum Gasteiger partial charge on any atom is 0.251 e. The third-order valence-electron chi connectivity index (χ3n) is 4.66. The van der Waals surface area contributed by atoms with Gasteiger partial charge < -0.3 is 5.32 Å². The van der Waals surface area contributed by atoms with Crippen LogP contribution in [-0.2, 0) is 0 Å². The molecule has 1 saturated heterocycles. The number of rotatable bonds is 5. The van der Waals surface area contributed by atoms with Crippen molar-refractivity contribution in [2.45, 2.75) is 25.3 Å². The molecule has 0 spiro atoms. The Balaban J connectivity index is 1.74. The highest BCUT2D eigenvalue weighted by Crippen LogP contribution is 2.29. The van der Waals surface area contributed by atoms with Gasteiger partial charge in [-0.05, 0) is 61.8 Å². The second kappa shape index (κ2) is 8.45. The molecule has 0 bridgehead atoms. The number of hydrogen-bond acceptors (Lipinski definition) is 2. The lowest BCUT2D eigenvalue weighted by atomic mass is 10.0. The zero-order chi connectivity index (χ0) is 17.6. The number of carbonyl (C=O) groups excluding carboxylic acids is 1. The monoisotopic (exact) mass is 360 g/mol. The van der Waals surface area contributed by atoms with E-state index in [0.29, 0.717) is 17.1 Å². The number of benzene rings is 2. The van der Waals surface area contributed by atoms with Crippen molar-refractivity contribution in [1.29, 1.82) is 0 Å². The van der Waals surface area contributed by atoms with Gasteiger partial charge in [0.15, 0.2) is 0 Å². The number of likely N-dealkylation sites (tertiary alicyclic amines) is 1. The Morgan fingerprint density at radius 2 is 1.76 bits per heavy atom. The molecule has 3 rings (SSSR count). The van der Waals surface area contributed by atoms with E-state index in [-0.39, 0.29) is 17.8 Å². The summed E-state index contributed by atoms with van der Waals surface area (Å²) in [4.78, 5) is 14.8. The molecule has 1 aliphatic heterocycles. The number of nitrogens with one attached hydrogen (secondary N) is 1. The first-order valence-corrected chi connectivity index (χ1v) is 9.05. The predicted octanol–water partition coefficient (Wildman–Crippen LogP) is 4.44. The van der Waals surface area contributed by atoms with Gasteiger partial charge in [0, 0.05) is 17.1 Å². The van der Waals surface area contributed by atoms with Crippen molar-refractivity contribution >= 4 is 17.5 Å². The standard InChI is InChI=1S/C20H22ClFN2O/c21-18-7-3-2-6-17(18)19(24-12-4-1-5-13-24)14-23-20(25)15-8-10-16(22)11-9-15/h2-3,6-11,19H,1,4-5,12-14H2,(H,23,25)/t19-/m0/s1. The van der Waals surface area contributed by atoms with E-state index in [1.54, 1.807) is 0 Å². The van der Waals surface area contributed by atoms with Gasteiger partial charge in [0.1, 0.15) is 5.82 Å². The lowest BCUT2D eigenvalue weighted by molar-refractivity contribution is 0.0924. The van der Waals surface area contributed by atoms with Gasteiger partial charge in [-0.3, -0.25) is 9.69 Å². The number of amides is 1. The molecule has 0 unspecified atom stereocenters. The van der Waals surface area contributed by atoms with E-state index in [2.05, 4.69) is 10.2 Å². The summed E-state index contributed by atoms with van der Waals surface area (Å²) in [6.07, 6.45) is 3.56. The molecule has 0 aromatic heterocycles. The van der Waals surface area contributed by atoms with E-state index in [1.165, 1.54) is 30.7 Å². The summed E-state index contributed by atoms with van der Waals surface area (Å²) >= 11 is 6.41. The zero-order valence-corrected chi connectivity index (χ0v) is 14.8. The summed E-state index contributed by atoms with van der Waals surface area (Å²) in [6.45, 7) is 2.48. The molecule has 1 atom stereocenters. The number of carbonyl (C=O) groups is 1. The fourth-order valence-corrected chi connectivity index (χ4v) is 3.57. The average Bonchev–Trinajstić information content (AvgIpc) is 2.64. The van der Waals surface area contributed by atoms with Gasteiger partial charge in [-0.25, -0.2) is 4.39 Å². The van der Waals surface area contributed by atoms with Crippen LogP contribution in [0, 0.1) is 5.82 Å². The second-order valence-electron chi connectivity index (χ2n) is 6.35. The van der Waals surface area contributed by atoms with Crippen LogP contribution in [0.25, 0.3) is 0 Å². The summed E-state index contributed by atoms with van der Waals surface area (Å²) in [7, 11) is 0. The summed E-state index contributed by atoms with van der Waals surface area (Å²) in [5.74, 6) is -0.548. The molecule has 1 fully saturated rings. The first-order valence-electron chi connectivity index (χ1n) is 8.67. The topological polar surface area (TPSA) is 32.3 Å². The van der Waals surface area contributed by atoms with Crippen molar-refractivity contribution in [2.75, 3.05) is 19.6 Å². The average molecular weight is 361 g/mol. The fourth-order valence-electron chi connectivity index (χ4n) is 3.30. The molecule has 2 aromatic carbocycles. The quantitative estimate of drug-likeness (QED) is 0.855. The van der Waals surface area contributed by atoms with Gasteiger partial charge in [0.25, 0.3) is 5.91 Å². The van der Waals surface area contributed by atoms with E-state index < -0.39 is 0 Å². The lowest BCUT2D eigenvalue weighted by Gasteiger charge is -2.35. The van der Waals surface area contributed by atoms with Crippen molar-refractivity contribution in [3.8, 4) is 0 Å². The summed E-state index contributed by atoms with van der Waals surface area (Å²) in [5, 5.41) is 3.70. The van der Waals surface area contributed by atoms with E-state index in [9.17, 15) is 9.18 Å². The Morgan fingerprint density at radius 1 is 1.08 bits per heavy atom. The van der Waals surface area contributed by atoms with Crippen LogP contribution in [0.3, 0.4) is 0 Å². The van der Waals surface area contributed by atoms with Crippen LogP contribution in [0.1, 0.15) is 41.2 Å². The first-order chi connectivity index (χ1) is 12.1. The van der Waals surface area contributed by atoms with Gasteiger partial charge in [-0.15, -0.1) is 0 Å². The highest BCUT2D eigenvalue weighted by Gasteiger charge is 2.24. The molecule has 0 radical (unpaired) electrons. The van der Waals surface area contributed by atoms with Crippen LogP contribution in [0.15, 0.2) is 48.5 Å². The van der Waals surface area contributed by atoms with E-state index >= 15 is 0 Å². The van der Waals surface area contributed by atoms with Gasteiger partial charge in [0.05, 0.1) is 6.04 Å². The van der Waals surface area contributed by atoms with E-state index in [4.69, 9.17) is 11.6 Å². The van der Waals surface area contributed by atoms with Crippen LogP contribution in [0.4, 0.5) is 4.39 Å². The maximum atomic E-state index is 13.0. The normalized spacial score (nSPS) is 16.4. The minimum atomic E-state index is -0.348. The van der Waals surface area contributed by atoms with E-state index in [1.807, 2.05) is 24.3 Å².